The standard InChI is InChI=1S/C42H34/c1-31-27-33(29-41(35-15-7-3-8-16-35)36-17-9-4-10-18-36)23-25-39(31)40-26-24-34(28-32(40)2)30-42(37-19-11-5-12-20-37)38-21-13-6-14-22-38/h3-30H,1-2H3. The maximum absolute atomic E-state index is 2.30. The highest BCUT2D eigenvalue weighted by Gasteiger charge is 2.10. The topological polar surface area (TPSA) is 0 Å². The third kappa shape index (κ3) is 6.09. The molecule has 6 aromatic rings. The summed E-state index contributed by atoms with van der Waals surface area (Å²) in [5, 5.41) is 0. The molecule has 6 aromatic carbocycles. The van der Waals surface area contributed by atoms with Crippen molar-refractivity contribution in [1.82, 2.24) is 0 Å². The van der Waals surface area contributed by atoms with Gasteiger partial charge >= 0.3 is 0 Å². The van der Waals surface area contributed by atoms with Gasteiger partial charge in [-0.1, -0.05) is 158 Å². The molecule has 0 radical (unpaired) electrons. The van der Waals surface area contributed by atoms with Crippen molar-refractivity contribution in [2.75, 3.05) is 0 Å². The van der Waals surface area contributed by atoms with Crippen molar-refractivity contribution in [3.8, 4) is 11.1 Å². The fourth-order valence-corrected chi connectivity index (χ4v) is 5.63. The van der Waals surface area contributed by atoms with Crippen LogP contribution in [0.2, 0.25) is 0 Å². The van der Waals surface area contributed by atoms with Gasteiger partial charge in [0.05, 0.1) is 0 Å². The van der Waals surface area contributed by atoms with Gasteiger partial charge in [-0.3, -0.25) is 0 Å². The molecular weight excluding hydrogens is 504 g/mol. The van der Waals surface area contributed by atoms with Gasteiger partial charge < -0.3 is 0 Å². The van der Waals surface area contributed by atoms with Crippen molar-refractivity contribution >= 4 is 23.3 Å². The Labute approximate surface area is 250 Å². The van der Waals surface area contributed by atoms with Crippen molar-refractivity contribution in [2.24, 2.45) is 0 Å². The van der Waals surface area contributed by atoms with E-state index in [9.17, 15) is 0 Å². The second-order valence-corrected chi connectivity index (χ2v) is 10.7. The molecule has 0 aliphatic carbocycles. The van der Waals surface area contributed by atoms with Crippen LogP contribution in [0.15, 0.2) is 158 Å². The van der Waals surface area contributed by atoms with Crippen LogP contribution in [-0.2, 0) is 0 Å². The minimum Gasteiger partial charge on any atom is -0.0622 e. The molecule has 42 heavy (non-hydrogen) atoms. The lowest BCUT2D eigenvalue weighted by Gasteiger charge is -2.14. The molecule has 0 amide bonds. The van der Waals surface area contributed by atoms with Crippen LogP contribution in [0.5, 0.6) is 0 Å². The van der Waals surface area contributed by atoms with Gasteiger partial charge in [-0.15, -0.1) is 0 Å². The van der Waals surface area contributed by atoms with Gasteiger partial charge in [-0.05, 0) is 92.8 Å². The molecule has 202 valence electrons. The van der Waals surface area contributed by atoms with Crippen LogP contribution >= 0.6 is 0 Å². The molecule has 0 bridgehead atoms. The molecule has 0 aliphatic rings. The zero-order valence-electron chi connectivity index (χ0n) is 24.2. The molecule has 0 unspecified atom stereocenters. The van der Waals surface area contributed by atoms with E-state index < -0.39 is 0 Å². The molecule has 0 heteroatoms. The highest BCUT2D eigenvalue weighted by molar-refractivity contribution is 5.93. The predicted molar refractivity (Wildman–Crippen MR) is 181 cm³/mol. The summed E-state index contributed by atoms with van der Waals surface area (Å²) in [6.45, 7) is 4.43. The second kappa shape index (κ2) is 12.5. The van der Waals surface area contributed by atoms with Gasteiger partial charge in [-0.2, -0.15) is 0 Å². The van der Waals surface area contributed by atoms with E-state index in [0.717, 1.165) is 0 Å². The lowest BCUT2D eigenvalue weighted by atomic mass is 9.91. The minimum atomic E-state index is 1.20. The molecule has 0 atom stereocenters. The van der Waals surface area contributed by atoms with Gasteiger partial charge in [0.15, 0.2) is 0 Å². The van der Waals surface area contributed by atoms with Crippen LogP contribution in [0.3, 0.4) is 0 Å². The molecule has 0 saturated carbocycles. The SMILES string of the molecule is Cc1cc(C=C(c2ccccc2)c2ccccc2)ccc1-c1ccc(C=C(c2ccccc2)c2ccccc2)cc1C. The smallest absolute Gasteiger partial charge is 0.0105 e. The molecule has 0 N–H and O–H groups in total. The summed E-state index contributed by atoms with van der Waals surface area (Å²) < 4.78 is 0. The summed E-state index contributed by atoms with van der Waals surface area (Å²) in [5.74, 6) is 0. The van der Waals surface area contributed by atoms with E-state index in [1.807, 2.05) is 0 Å². The quantitative estimate of drug-likeness (QED) is 0.177. The summed E-state index contributed by atoms with van der Waals surface area (Å²) in [7, 11) is 0. The van der Waals surface area contributed by atoms with Crippen LogP contribution < -0.4 is 0 Å². The first-order valence-electron chi connectivity index (χ1n) is 14.5. The number of rotatable bonds is 7. The van der Waals surface area contributed by atoms with Crippen molar-refractivity contribution in [3.63, 3.8) is 0 Å². The van der Waals surface area contributed by atoms with E-state index in [1.54, 1.807) is 0 Å². The Morgan fingerprint density at radius 2 is 0.643 bits per heavy atom. The number of hydrogen-bond acceptors (Lipinski definition) is 0. The molecule has 6 rings (SSSR count). The fourth-order valence-electron chi connectivity index (χ4n) is 5.63. The van der Waals surface area contributed by atoms with E-state index >= 15 is 0 Å². The Hall–Kier alpha value is -5.20. The average Bonchev–Trinajstić information content (AvgIpc) is 3.05. The van der Waals surface area contributed by atoms with Gasteiger partial charge in [-0.25, -0.2) is 0 Å². The fraction of sp³-hybridized carbons (Fsp3) is 0.0476. The molecule has 0 saturated heterocycles. The summed E-state index contributed by atoms with van der Waals surface area (Å²) in [5.41, 5.74) is 14.8. The molecule has 0 fully saturated rings. The van der Waals surface area contributed by atoms with Crippen LogP contribution in [0.25, 0.3) is 34.4 Å². The third-order valence-electron chi connectivity index (χ3n) is 7.75. The van der Waals surface area contributed by atoms with Gasteiger partial charge in [0.2, 0.25) is 0 Å². The molecule has 0 aromatic heterocycles. The molecular formula is C42H34. The Morgan fingerprint density at radius 1 is 0.357 bits per heavy atom. The first-order chi connectivity index (χ1) is 20.7. The highest BCUT2D eigenvalue weighted by atomic mass is 14.1. The number of aryl methyl sites for hydroxylation is 2. The first-order valence-corrected chi connectivity index (χ1v) is 14.5. The van der Waals surface area contributed by atoms with Gasteiger partial charge in [0.25, 0.3) is 0 Å². The van der Waals surface area contributed by atoms with E-state index in [1.165, 1.54) is 66.8 Å². The summed E-state index contributed by atoms with van der Waals surface area (Å²) in [6, 6.07) is 56.2. The lowest BCUT2D eigenvalue weighted by molar-refractivity contribution is 1.39. The van der Waals surface area contributed by atoms with Crippen molar-refractivity contribution in [3.05, 3.63) is 202 Å². The van der Waals surface area contributed by atoms with Crippen molar-refractivity contribution in [1.29, 1.82) is 0 Å². The Bertz CT molecular complexity index is 1620. The van der Waals surface area contributed by atoms with Crippen LogP contribution in [-0.4, -0.2) is 0 Å². The Kier molecular flexibility index (Phi) is 8.06. The zero-order chi connectivity index (χ0) is 28.7. The monoisotopic (exact) mass is 538 g/mol. The molecule has 0 aliphatic heterocycles. The first kappa shape index (κ1) is 27.0. The maximum atomic E-state index is 2.30. The molecule has 0 heterocycles. The van der Waals surface area contributed by atoms with E-state index in [0.29, 0.717) is 0 Å². The predicted octanol–water partition coefficient (Wildman–Crippen LogP) is 11.1. The van der Waals surface area contributed by atoms with E-state index in [2.05, 4.69) is 184 Å². The van der Waals surface area contributed by atoms with Crippen molar-refractivity contribution in [2.45, 2.75) is 13.8 Å². The van der Waals surface area contributed by atoms with Gasteiger partial charge in [0.1, 0.15) is 0 Å². The maximum Gasteiger partial charge on any atom is -0.0105 e. The lowest BCUT2D eigenvalue weighted by Crippen LogP contribution is -1.92. The molecule has 0 spiro atoms. The summed E-state index contributed by atoms with van der Waals surface area (Å²) >= 11 is 0. The van der Waals surface area contributed by atoms with Crippen molar-refractivity contribution < 1.29 is 0 Å². The number of benzene rings is 6. The van der Waals surface area contributed by atoms with Gasteiger partial charge in [0, 0.05) is 0 Å². The average molecular weight is 539 g/mol. The van der Waals surface area contributed by atoms with Crippen LogP contribution in [0, 0.1) is 13.8 Å². The highest BCUT2D eigenvalue weighted by Crippen LogP contribution is 2.32. The largest absolute Gasteiger partial charge is 0.0622 e. The second-order valence-electron chi connectivity index (χ2n) is 10.7. The van der Waals surface area contributed by atoms with Crippen LogP contribution in [0.4, 0.5) is 0 Å². The van der Waals surface area contributed by atoms with E-state index in [-0.39, 0.29) is 0 Å². The third-order valence-corrected chi connectivity index (χ3v) is 7.75. The Morgan fingerprint density at radius 3 is 0.905 bits per heavy atom. The molecule has 0 nitrogen and oxygen atoms in total. The normalized spacial score (nSPS) is 10.6. The number of hydrogen-bond donors (Lipinski definition) is 0. The Balaban J connectivity index is 1.35. The van der Waals surface area contributed by atoms with Crippen LogP contribution in [0.1, 0.15) is 44.5 Å². The zero-order valence-corrected chi connectivity index (χ0v) is 24.2. The minimum absolute atomic E-state index is 1.20. The summed E-state index contributed by atoms with van der Waals surface area (Å²) in [6.07, 6.45) is 4.60. The van der Waals surface area contributed by atoms with E-state index in [4.69, 9.17) is 0 Å². The summed E-state index contributed by atoms with van der Waals surface area (Å²) in [4.78, 5) is 0.